The van der Waals surface area contributed by atoms with Crippen LogP contribution in [0.5, 0.6) is 0 Å². The number of hydrogen-bond donors (Lipinski definition) is 1. The average Bonchev–Trinajstić information content (AvgIpc) is 2.36. The molecule has 0 amide bonds. The van der Waals surface area contributed by atoms with Gasteiger partial charge in [-0.2, -0.15) is 5.10 Å². The summed E-state index contributed by atoms with van der Waals surface area (Å²) in [5.41, 5.74) is 2.01. The van der Waals surface area contributed by atoms with Crippen molar-refractivity contribution in [2.45, 2.75) is 18.4 Å². The summed E-state index contributed by atoms with van der Waals surface area (Å²) in [6.07, 6.45) is 2.88. The lowest BCUT2D eigenvalue weighted by molar-refractivity contribution is 0.602. The molecule has 0 atom stereocenters. The first-order chi connectivity index (χ1) is 8.95. The summed E-state index contributed by atoms with van der Waals surface area (Å²) in [7, 11) is -3.14. The van der Waals surface area contributed by atoms with Crippen molar-refractivity contribution in [1.82, 2.24) is 10.2 Å². The first-order valence-electron chi connectivity index (χ1n) is 5.77. The molecule has 1 N–H and O–H groups in total. The van der Waals surface area contributed by atoms with Crippen molar-refractivity contribution >= 4 is 15.7 Å². The number of nitrogens with one attached hydrogen (secondary N) is 1. The van der Waals surface area contributed by atoms with Gasteiger partial charge in [0.15, 0.2) is 9.84 Å². The summed E-state index contributed by atoms with van der Waals surface area (Å²) in [6.45, 7) is 2.52. The molecule has 0 unspecified atom stereocenters. The van der Waals surface area contributed by atoms with Gasteiger partial charge in [-0.3, -0.25) is 0 Å². The molecule has 2 rings (SSSR count). The Balaban J connectivity index is 2.05. The quantitative estimate of drug-likeness (QED) is 0.922. The molecule has 0 aliphatic rings. The van der Waals surface area contributed by atoms with Crippen LogP contribution in [-0.4, -0.2) is 24.9 Å². The third-order valence-electron chi connectivity index (χ3n) is 2.62. The predicted octanol–water partition coefficient (Wildman–Crippen LogP) is 1.80. The number of anilines is 1. The van der Waals surface area contributed by atoms with Gasteiger partial charge < -0.3 is 5.32 Å². The summed E-state index contributed by atoms with van der Waals surface area (Å²) in [4.78, 5) is 0.326. The maximum absolute atomic E-state index is 11.3. The molecule has 19 heavy (non-hydrogen) atoms. The minimum Gasteiger partial charge on any atom is -0.364 e. The van der Waals surface area contributed by atoms with Gasteiger partial charge in [0.25, 0.3) is 0 Å². The molecule has 0 bridgehead atoms. The topological polar surface area (TPSA) is 72.0 Å². The van der Waals surface area contributed by atoms with E-state index in [1.807, 2.05) is 13.0 Å². The van der Waals surface area contributed by atoms with Crippen molar-refractivity contribution in [3.63, 3.8) is 0 Å². The van der Waals surface area contributed by atoms with E-state index in [-0.39, 0.29) is 0 Å². The molecule has 6 heteroatoms. The first-order valence-corrected chi connectivity index (χ1v) is 7.66. The Labute approximate surface area is 112 Å². The van der Waals surface area contributed by atoms with Gasteiger partial charge in [0, 0.05) is 12.8 Å². The lowest BCUT2D eigenvalue weighted by Crippen LogP contribution is -2.03. The molecule has 2 aromatic rings. The number of hydrogen-bond acceptors (Lipinski definition) is 5. The van der Waals surface area contributed by atoms with Crippen LogP contribution in [0.3, 0.4) is 0 Å². The van der Waals surface area contributed by atoms with Gasteiger partial charge in [0.05, 0.1) is 11.1 Å². The molecule has 0 aliphatic heterocycles. The van der Waals surface area contributed by atoms with Crippen molar-refractivity contribution in [3.8, 4) is 0 Å². The minimum absolute atomic E-state index is 0.326. The molecule has 0 saturated carbocycles. The van der Waals surface area contributed by atoms with E-state index in [2.05, 4.69) is 15.5 Å². The maximum atomic E-state index is 11.3. The van der Waals surface area contributed by atoms with E-state index in [4.69, 9.17) is 0 Å². The molecular weight excluding hydrogens is 262 g/mol. The molecule has 1 heterocycles. The minimum atomic E-state index is -3.14. The van der Waals surface area contributed by atoms with E-state index in [9.17, 15) is 8.42 Å². The Bertz CT molecular complexity index is 667. The van der Waals surface area contributed by atoms with E-state index in [0.29, 0.717) is 17.3 Å². The van der Waals surface area contributed by atoms with E-state index in [1.165, 1.54) is 6.26 Å². The fourth-order valence-corrected chi connectivity index (χ4v) is 2.23. The Kier molecular flexibility index (Phi) is 3.80. The van der Waals surface area contributed by atoms with Crippen LogP contribution in [0, 0.1) is 6.92 Å². The molecule has 100 valence electrons. The van der Waals surface area contributed by atoms with Crippen molar-refractivity contribution in [3.05, 3.63) is 47.7 Å². The SMILES string of the molecule is Cc1cnnc(NCc2ccc(S(C)(=O)=O)cc2)c1. The van der Waals surface area contributed by atoms with E-state index in [0.717, 1.165) is 11.1 Å². The molecule has 1 aromatic heterocycles. The second-order valence-corrected chi connectivity index (χ2v) is 6.40. The smallest absolute Gasteiger partial charge is 0.175 e. The van der Waals surface area contributed by atoms with Crippen molar-refractivity contribution < 1.29 is 8.42 Å². The fraction of sp³-hybridized carbons (Fsp3) is 0.231. The Morgan fingerprint density at radius 2 is 1.89 bits per heavy atom. The first kappa shape index (κ1) is 13.5. The summed E-state index contributed by atoms with van der Waals surface area (Å²) in [5.74, 6) is 0.701. The highest BCUT2D eigenvalue weighted by Crippen LogP contribution is 2.12. The summed E-state index contributed by atoms with van der Waals surface area (Å²) < 4.78 is 22.7. The monoisotopic (exact) mass is 277 g/mol. The van der Waals surface area contributed by atoms with Crippen LogP contribution < -0.4 is 5.32 Å². The standard InChI is InChI=1S/C13H15N3O2S/c1-10-7-13(16-15-8-10)14-9-11-3-5-12(6-4-11)19(2,17)18/h3-8H,9H2,1-2H3,(H,14,16). The van der Waals surface area contributed by atoms with Crippen LogP contribution in [0.2, 0.25) is 0 Å². The number of sulfone groups is 1. The summed E-state index contributed by atoms with van der Waals surface area (Å²) in [5, 5.41) is 10.9. The van der Waals surface area contributed by atoms with Gasteiger partial charge in [-0.15, -0.1) is 5.10 Å². The molecule has 0 aliphatic carbocycles. The van der Waals surface area contributed by atoms with E-state index < -0.39 is 9.84 Å². The molecule has 1 aromatic carbocycles. The number of nitrogens with zero attached hydrogens (tertiary/aromatic N) is 2. The van der Waals surface area contributed by atoms with Crippen LogP contribution in [-0.2, 0) is 16.4 Å². The van der Waals surface area contributed by atoms with E-state index >= 15 is 0 Å². The fourth-order valence-electron chi connectivity index (χ4n) is 1.60. The zero-order valence-corrected chi connectivity index (χ0v) is 11.6. The number of rotatable bonds is 4. The third kappa shape index (κ3) is 3.75. The molecule has 0 saturated heterocycles. The number of aromatic nitrogens is 2. The maximum Gasteiger partial charge on any atom is 0.175 e. The van der Waals surface area contributed by atoms with Crippen molar-refractivity contribution in [1.29, 1.82) is 0 Å². The van der Waals surface area contributed by atoms with Gasteiger partial charge in [-0.1, -0.05) is 12.1 Å². The summed E-state index contributed by atoms with van der Waals surface area (Å²) >= 11 is 0. The van der Waals surface area contributed by atoms with Crippen LogP contribution in [0.15, 0.2) is 41.4 Å². The zero-order chi connectivity index (χ0) is 13.9. The number of aryl methyl sites for hydroxylation is 1. The van der Waals surface area contributed by atoms with Crippen LogP contribution in [0.1, 0.15) is 11.1 Å². The van der Waals surface area contributed by atoms with Gasteiger partial charge in [-0.05, 0) is 36.2 Å². The van der Waals surface area contributed by atoms with Crippen LogP contribution in [0.4, 0.5) is 5.82 Å². The second-order valence-electron chi connectivity index (χ2n) is 4.39. The normalized spacial score (nSPS) is 11.3. The largest absolute Gasteiger partial charge is 0.364 e. The lowest BCUT2D eigenvalue weighted by Gasteiger charge is -2.06. The number of benzene rings is 1. The zero-order valence-electron chi connectivity index (χ0n) is 10.8. The lowest BCUT2D eigenvalue weighted by atomic mass is 10.2. The van der Waals surface area contributed by atoms with Crippen LogP contribution in [0.25, 0.3) is 0 Å². The predicted molar refractivity (Wildman–Crippen MR) is 73.6 cm³/mol. The Hall–Kier alpha value is -1.95. The summed E-state index contributed by atoms with van der Waals surface area (Å²) in [6, 6.07) is 8.68. The average molecular weight is 277 g/mol. The second kappa shape index (κ2) is 5.36. The van der Waals surface area contributed by atoms with E-state index in [1.54, 1.807) is 30.5 Å². The molecular formula is C13H15N3O2S. The van der Waals surface area contributed by atoms with Gasteiger partial charge >= 0.3 is 0 Å². The third-order valence-corrected chi connectivity index (χ3v) is 3.74. The highest BCUT2D eigenvalue weighted by atomic mass is 32.2. The van der Waals surface area contributed by atoms with Crippen LogP contribution >= 0.6 is 0 Å². The highest BCUT2D eigenvalue weighted by Gasteiger charge is 2.06. The highest BCUT2D eigenvalue weighted by molar-refractivity contribution is 7.90. The Morgan fingerprint density at radius 3 is 2.47 bits per heavy atom. The molecule has 0 spiro atoms. The van der Waals surface area contributed by atoms with Gasteiger partial charge in [0.2, 0.25) is 0 Å². The van der Waals surface area contributed by atoms with Gasteiger partial charge in [0.1, 0.15) is 5.82 Å². The Morgan fingerprint density at radius 1 is 1.21 bits per heavy atom. The molecule has 5 nitrogen and oxygen atoms in total. The van der Waals surface area contributed by atoms with Gasteiger partial charge in [-0.25, -0.2) is 8.42 Å². The van der Waals surface area contributed by atoms with Crippen molar-refractivity contribution in [2.24, 2.45) is 0 Å². The molecule has 0 radical (unpaired) electrons. The molecule has 0 fully saturated rings. The van der Waals surface area contributed by atoms with Crippen molar-refractivity contribution in [2.75, 3.05) is 11.6 Å².